The van der Waals surface area contributed by atoms with E-state index in [1.807, 2.05) is 6.92 Å². The van der Waals surface area contributed by atoms with Crippen LogP contribution in [0.25, 0.3) is 0 Å². The molecule has 0 spiro atoms. The summed E-state index contributed by atoms with van der Waals surface area (Å²) in [6.45, 7) is 3.63. The average Bonchev–Trinajstić information content (AvgIpc) is 2.52. The van der Waals surface area contributed by atoms with Gasteiger partial charge in [-0.2, -0.15) is 4.72 Å². The van der Waals surface area contributed by atoms with Gasteiger partial charge in [0.15, 0.2) is 0 Å². The lowest BCUT2D eigenvalue weighted by Gasteiger charge is -2.14. The number of nitrogens with one attached hydrogen (secondary N) is 2. The number of carboxylic acids is 1. The molecule has 0 aliphatic heterocycles. The molecule has 0 radical (unpaired) electrons. The Labute approximate surface area is 148 Å². The molecule has 0 aliphatic carbocycles. The highest BCUT2D eigenvalue weighted by Crippen LogP contribution is 2.16. The van der Waals surface area contributed by atoms with E-state index in [9.17, 15) is 21.6 Å². The Hall–Kier alpha value is -1.65. The number of hydrogen-bond donors (Lipinski definition) is 3. The van der Waals surface area contributed by atoms with Crippen molar-refractivity contribution in [1.29, 1.82) is 0 Å². The van der Waals surface area contributed by atoms with Crippen LogP contribution in [0.1, 0.15) is 39.5 Å². The third kappa shape index (κ3) is 7.00. The average molecular weight is 392 g/mol. The first-order chi connectivity index (χ1) is 11.6. The van der Waals surface area contributed by atoms with Gasteiger partial charge in [-0.1, -0.05) is 26.7 Å². The van der Waals surface area contributed by atoms with Crippen LogP contribution < -0.4 is 9.44 Å². The summed E-state index contributed by atoms with van der Waals surface area (Å²) >= 11 is 0. The van der Waals surface area contributed by atoms with Crippen molar-refractivity contribution in [1.82, 2.24) is 4.72 Å². The van der Waals surface area contributed by atoms with E-state index >= 15 is 0 Å². The van der Waals surface area contributed by atoms with E-state index < -0.39 is 32.1 Å². The first-order valence-corrected chi connectivity index (χ1v) is 11.1. The molecule has 1 aromatic carbocycles. The molecule has 0 fully saturated rings. The lowest BCUT2D eigenvalue weighted by atomic mass is 10.2. The molecule has 0 saturated heterocycles. The van der Waals surface area contributed by atoms with Crippen molar-refractivity contribution in [2.45, 2.75) is 50.5 Å². The summed E-state index contributed by atoms with van der Waals surface area (Å²) in [6, 6.07) is 3.90. The van der Waals surface area contributed by atoms with Gasteiger partial charge in [-0.3, -0.25) is 9.52 Å². The van der Waals surface area contributed by atoms with Crippen molar-refractivity contribution in [3.05, 3.63) is 24.3 Å². The normalized spacial score (nSPS) is 13.4. The summed E-state index contributed by atoms with van der Waals surface area (Å²) < 4.78 is 52.7. The summed E-state index contributed by atoms with van der Waals surface area (Å²) in [4.78, 5) is 11.0. The molecule has 0 saturated carbocycles. The lowest BCUT2D eigenvalue weighted by Crippen LogP contribution is -2.40. The molecule has 1 aromatic rings. The number of carboxylic acid groups (broad SMARTS) is 1. The third-order valence-electron chi connectivity index (χ3n) is 3.38. The van der Waals surface area contributed by atoms with Gasteiger partial charge in [0.2, 0.25) is 20.0 Å². The monoisotopic (exact) mass is 392 g/mol. The minimum atomic E-state index is -4.01. The van der Waals surface area contributed by atoms with E-state index in [1.165, 1.54) is 24.3 Å². The number of unbranched alkanes of at least 4 members (excludes halogenated alkanes) is 1. The largest absolute Gasteiger partial charge is 0.480 e. The second-order valence-electron chi connectivity index (χ2n) is 5.60. The molecule has 0 amide bonds. The predicted octanol–water partition coefficient (Wildman–Crippen LogP) is 1.76. The van der Waals surface area contributed by atoms with Crippen LogP contribution in [0.2, 0.25) is 0 Å². The number of hydrogen-bond acceptors (Lipinski definition) is 5. The standard InChI is InChI=1S/C15H24N2O6S2/c1-3-5-11-24(20,21)16-12-7-9-13(10-8-12)25(22,23)17-14(6-4-2)15(18)19/h7-10,14,16-17H,3-6,11H2,1-2H3,(H,18,19). The molecule has 0 bridgehead atoms. The number of anilines is 1. The van der Waals surface area contributed by atoms with Crippen LogP contribution in [0.4, 0.5) is 5.69 Å². The summed E-state index contributed by atoms with van der Waals surface area (Å²) in [5, 5.41) is 9.05. The van der Waals surface area contributed by atoms with Crippen LogP contribution in [-0.4, -0.2) is 39.7 Å². The topological polar surface area (TPSA) is 130 Å². The Morgan fingerprint density at radius 3 is 2.16 bits per heavy atom. The highest BCUT2D eigenvalue weighted by atomic mass is 32.2. The van der Waals surface area contributed by atoms with Gasteiger partial charge in [0, 0.05) is 5.69 Å². The summed E-state index contributed by atoms with van der Waals surface area (Å²) in [5.41, 5.74) is 0.249. The second kappa shape index (κ2) is 9.16. The van der Waals surface area contributed by atoms with Gasteiger partial charge < -0.3 is 5.11 Å². The van der Waals surface area contributed by atoms with Crippen LogP contribution in [-0.2, 0) is 24.8 Å². The zero-order chi connectivity index (χ0) is 19.1. The van der Waals surface area contributed by atoms with Gasteiger partial charge in [0.25, 0.3) is 0 Å². The molecule has 3 N–H and O–H groups in total. The fraction of sp³-hybridized carbons (Fsp3) is 0.533. The van der Waals surface area contributed by atoms with Gasteiger partial charge in [0.05, 0.1) is 10.6 Å². The number of rotatable bonds is 11. The van der Waals surface area contributed by atoms with Gasteiger partial charge in [0.1, 0.15) is 6.04 Å². The van der Waals surface area contributed by atoms with Crippen LogP contribution in [0.5, 0.6) is 0 Å². The number of benzene rings is 1. The smallest absolute Gasteiger partial charge is 0.321 e. The first-order valence-electron chi connectivity index (χ1n) is 7.97. The van der Waals surface area contributed by atoms with Crippen LogP contribution >= 0.6 is 0 Å². The fourth-order valence-corrected chi connectivity index (χ4v) is 4.53. The molecule has 25 heavy (non-hydrogen) atoms. The zero-order valence-electron chi connectivity index (χ0n) is 14.2. The first kappa shape index (κ1) is 21.4. The highest BCUT2D eigenvalue weighted by molar-refractivity contribution is 7.92. The second-order valence-corrected chi connectivity index (χ2v) is 9.16. The predicted molar refractivity (Wildman–Crippen MR) is 95.4 cm³/mol. The van der Waals surface area contributed by atoms with Crippen LogP contribution in [0.15, 0.2) is 29.2 Å². The van der Waals surface area contributed by atoms with Gasteiger partial charge >= 0.3 is 5.97 Å². The molecule has 0 aromatic heterocycles. The maximum Gasteiger partial charge on any atom is 0.321 e. The van der Waals surface area contributed by atoms with Crippen molar-refractivity contribution in [3.63, 3.8) is 0 Å². The van der Waals surface area contributed by atoms with Crippen LogP contribution in [0, 0.1) is 0 Å². The minimum Gasteiger partial charge on any atom is -0.480 e. The van der Waals surface area contributed by atoms with E-state index in [0.717, 1.165) is 6.42 Å². The Morgan fingerprint density at radius 1 is 1.08 bits per heavy atom. The van der Waals surface area contributed by atoms with Crippen molar-refractivity contribution in [3.8, 4) is 0 Å². The molecular weight excluding hydrogens is 368 g/mol. The summed E-state index contributed by atoms with van der Waals surface area (Å²) in [5.74, 6) is -1.26. The molecule has 10 heteroatoms. The molecule has 1 rings (SSSR count). The molecule has 8 nitrogen and oxygen atoms in total. The molecular formula is C15H24N2O6S2. The maximum absolute atomic E-state index is 12.2. The third-order valence-corrected chi connectivity index (χ3v) is 6.24. The summed E-state index contributed by atoms with van der Waals surface area (Å²) in [6.07, 6.45) is 1.95. The van der Waals surface area contributed by atoms with E-state index in [-0.39, 0.29) is 22.8 Å². The molecule has 0 heterocycles. The van der Waals surface area contributed by atoms with Crippen LogP contribution in [0.3, 0.4) is 0 Å². The summed E-state index contributed by atoms with van der Waals surface area (Å²) in [7, 11) is -7.48. The Balaban J connectivity index is 2.89. The molecule has 142 valence electrons. The molecule has 0 aliphatic rings. The van der Waals surface area contributed by atoms with E-state index in [2.05, 4.69) is 9.44 Å². The SMILES string of the molecule is CCCCS(=O)(=O)Nc1ccc(S(=O)(=O)NC(CCC)C(=O)O)cc1. The lowest BCUT2D eigenvalue weighted by molar-refractivity contribution is -0.139. The fourth-order valence-electron chi connectivity index (χ4n) is 2.04. The van der Waals surface area contributed by atoms with E-state index in [0.29, 0.717) is 12.8 Å². The quantitative estimate of drug-likeness (QED) is 0.526. The van der Waals surface area contributed by atoms with Crippen molar-refractivity contribution in [2.24, 2.45) is 0 Å². The number of sulfonamides is 2. The van der Waals surface area contributed by atoms with Crippen molar-refractivity contribution < 1.29 is 26.7 Å². The Morgan fingerprint density at radius 2 is 1.68 bits per heavy atom. The highest BCUT2D eigenvalue weighted by Gasteiger charge is 2.24. The van der Waals surface area contributed by atoms with Gasteiger partial charge in [-0.15, -0.1) is 0 Å². The van der Waals surface area contributed by atoms with E-state index in [1.54, 1.807) is 6.92 Å². The Bertz CT molecular complexity index is 773. The van der Waals surface area contributed by atoms with Gasteiger partial charge in [-0.05, 0) is 37.1 Å². The Kier molecular flexibility index (Phi) is 7.84. The number of aliphatic carboxylic acids is 1. The van der Waals surface area contributed by atoms with Crippen molar-refractivity contribution in [2.75, 3.05) is 10.5 Å². The van der Waals surface area contributed by atoms with Crippen molar-refractivity contribution >= 4 is 31.7 Å². The molecule has 1 atom stereocenters. The van der Waals surface area contributed by atoms with E-state index in [4.69, 9.17) is 5.11 Å². The van der Waals surface area contributed by atoms with Gasteiger partial charge in [-0.25, -0.2) is 16.8 Å². The minimum absolute atomic E-state index is 0.0115. The zero-order valence-corrected chi connectivity index (χ0v) is 15.9. The number of carbonyl (C=O) groups is 1. The molecule has 1 unspecified atom stereocenters. The maximum atomic E-state index is 12.2.